The van der Waals surface area contributed by atoms with Crippen LogP contribution in [0.15, 0.2) is 24.3 Å². The van der Waals surface area contributed by atoms with Crippen molar-refractivity contribution < 1.29 is 0 Å². The fraction of sp³-hybridized carbons (Fsp3) is 0.308. The molecule has 0 radical (unpaired) electrons. The lowest BCUT2D eigenvalue weighted by Gasteiger charge is -2.09. The van der Waals surface area contributed by atoms with Gasteiger partial charge < -0.3 is 0 Å². The third kappa shape index (κ3) is 2.34. The quantitative estimate of drug-likeness (QED) is 0.860. The first-order chi connectivity index (χ1) is 8.63. The Bertz CT molecular complexity index is 628. The summed E-state index contributed by atoms with van der Waals surface area (Å²) in [6.45, 7) is 4.15. The van der Waals surface area contributed by atoms with E-state index >= 15 is 0 Å². The van der Waals surface area contributed by atoms with Crippen molar-refractivity contribution in [3.05, 3.63) is 40.4 Å². The van der Waals surface area contributed by atoms with Crippen molar-refractivity contribution in [3.8, 4) is 11.8 Å². The lowest BCUT2D eigenvalue weighted by molar-refractivity contribution is 0.744. The summed E-state index contributed by atoms with van der Waals surface area (Å²) < 4.78 is 2.52. The normalized spacial score (nSPS) is 10.6. The van der Waals surface area contributed by atoms with Gasteiger partial charge in [0.2, 0.25) is 0 Å². The summed E-state index contributed by atoms with van der Waals surface area (Å²) in [7, 11) is 0. The molecular formula is C13H14N4S. The Kier molecular flexibility index (Phi) is 3.58. The summed E-state index contributed by atoms with van der Waals surface area (Å²) in [5, 5.41) is 15.7. The molecule has 4 nitrogen and oxygen atoms in total. The van der Waals surface area contributed by atoms with Gasteiger partial charge >= 0.3 is 0 Å². The Hall–Kier alpha value is -1.93. The van der Waals surface area contributed by atoms with E-state index in [2.05, 4.69) is 30.1 Å². The zero-order valence-electron chi connectivity index (χ0n) is 10.3. The van der Waals surface area contributed by atoms with Crippen molar-refractivity contribution in [1.29, 1.82) is 5.26 Å². The second-order valence-electron chi connectivity index (χ2n) is 4.38. The van der Waals surface area contributed by atoms with Crippen LogP contribution in [0.3, 0.4) is 0 Å². The van der Waals surface area contributed by atoms with Gasteiger partial charge in [-0.1, -0.05) is 26.0 Å². The first-order valence-electron chi connectivity index (χ1n) is 5.77. The van der Waals surface area contributed by atoms with E-state index < -0.39 is 0 Å². The van der Waals surface area contributed by atoms with E-state index in [4.69, 9.17) is 17.5 Å². The Balaban J connectivity index is 2.46. The molecule has 0 unspecified atom stereocenters. The number of nitrogens with zero attached hydrogens (tertiary/aromatic N) is 3. The highest BCUT2D eigenvalue weighted by Gasteiger charge is 2.11. The van der Waals surface area contributed by atoms with Crippen molar-refractivity contribution in [2.45, 2.75) is 26.2 Å². The maximum Gasteiger partial charge on any atom is 0.199 e. The molecular weight excluding hydrogens is 244 g/mol. The van der Waals surface area contributed by atoms with E-state index in [1.54, 1.807) is 0 Å². The van der Waals surface area contributed by atoms with Gasteiger partial charge in [0.05, 0.1) is 12.5 Å². The van der Waals surface area contributed by atoms with Gasteiger partial charge in [-0.15, -0.1) is 0 Å². The Morgan fingerprint density at radius 3 is 2.61 bits per heavy atom. The predicted octanol–water partition coefficient (Wildman–Crippen LogP) is 3.12. The number of aromatic amines is 1. The summed E-state index contributed by atoms with van der Waals surface area (Å²) in [6.07, 6.45) is 0.425. The first kappa shape index (κ1) is 12.5. The molecule has 0 atom stereocenters. The van der Waals surface area contributed by atoms with Gasteiger partial charge in [-0.05, 0) is 29.9 Å². The number of rotatable bonds is 3. The van der Waals surface area contributed by atoms with Crippen molar-refractivity contribution in [2.75, 3.05) is 0 Å². The van der Waals surface area contributed by atoms with E-state index in [0.717, 1.165) is 17.1 Å². The number of benzene rings is 1. The van der Waals surface area contributed by atoms with E-state index in [1.165, 1.54) is 0 Å². The smallest absolute Gasteiger partial charge is 0.199 e. The van der Waals surface area contributed by atoms with Gasteiger partial charge in [-0.2, -0.15) is 10.4 Å². The van der Waals surface area contributed by atoms with Crippen LogP contribution < -0.4 is 0 Å². The van der Waals surface area contributed by atoms with Crippen LogP contribution in [-0.4, -0.2) is 14.8 Å². The highest BCUT2D eigenvalue weighted by Crippen LogP contribution is 2.18. The van der Waals surface area contributed by atoms with Crippen molar-refractivity contribution in [3.63, 3.8) is 0 Å². The molecule has 5 heteroatoms. The van der Waals surface area contributed by atoms with Crippen LogP contribution in [0.5, 0.6) is 0 Å². The zero-order chi connectivity index (χ0) is 13.1. The van der Waals surface area contributed by atoms with Gasteiger partial charge in [0.15, 0.2) is 4.77 Å². The van der Waals surface area contributed by atoms with Crippen LogP contribution in [0.25, 0.3) is 5.69 Å². The van der Waals surface area contributed by atoms with Crippen LogP contribution in [0.4, 0.5) is 0 Å². The molecule has 0 saturated heterocycles. The van der Waals surface area contributed by atoms with Crippen molar-refractivity contribution in [1.82, 2.24) is 14.8 Å². The average molecular weight is 258 g/mol. The number of hydrogen-bond donors (Lipinski definition) is 1. The fourth-order valence-electron chi connectivity index (χ4n) is 1.80. The maximum atomic E-state index is 8.65. The van der Waals surface area contributed by atoms with Crippen LogP contribution in [0.1, 0.15) is 31.2 Å². The number of nitrogens with one attached hydrogen (secondary N) is 1. The molecule has 18 heavy (non-hydrogen) atoms. The molecule has 2 rings (SSSR count). The minimum absolute atomic E-state index is 0.289. The zero-order valence-corrected chi connectivity index (χ0v) is 11.2. The number of H-pyrrole nitrogens is 1. The topological polar surface area (TPSA) is 57.4 Å². The standard InChI is InChI=1S/C13H14N4S/c1-9(2)12-15-16-13(18)17(12)11-5-3-10(4-6-11)7-8-14/h3-6,9H,7H2,1-2H3,(H,16,18). The molecule has 0 aliphatic rings. The summed E-state index contributed by atoms with van der Waals surface area (Å²) in [5.74, 6) is 1.20. The summed E-state index contributed by atoms with van der Waals surface area (Å²) >= 11 is 5.25. The van der Waals surface area contributed by atoms with Gasteiger partial charge in [0.1, 0.15) is 5.82 Å². The first-order valence-corrected chi connectivity index (χ1v) is 6.18. The molecule has 0 amide bonds. The summed E-state index contributed by atoms with van der Waals surface area (Å²) in [4.78, 5) is 0. The molecule has 2 aromatic rings. The molecule has 1 N–H and O–H groups in total. The summed E-state index contributed by atoms with van der Waals surface area (Å²) in [5.41, 5.74) is 1.97. The molecule has 0 fully saturated rings. The largest absolute Gasteiger partial charge is 0.272 e. The number of hydrogen-bond acceptors (Lipinski definition) is 3. The predicted molar refractivity (Wildman–Crippen MR) is 72.2 cm³/mol. The molecule has 1 aromatic heterocycles. The molecule has 0 spiro atoms. The second-order valence-corrected chi connectivity index (χ2v) is 4.77. The average Bonchev–Trinajstić information content (AvgIpc) is 2.73. The minimum Gasteiger partial charge on any atom is -0.272 e. The molecule has 0 saturated carbocycles. The Labute approximate surface area is 111 Å². The summed E-state index contributed by atoms with van der Waals surface area (Å²) in [6, 6.07) is 9.94. The lowest BCUT2D eigenvalue weighted by atomic mass is 10.1. The SMILES string of the molecule is CC(C)c1n[nH]c(=S)n1-c1ccc(CC#N)cc1. The van der Waals surface area contributed by atoms with Crippen LogP contribution in [0.2, 0.25) is 0 Å². The van der Waals surface area contributed by atoms with E-state index in [1.807, 2.05) is 28.8 Å². The van der Waals surface area contributed by atoms with E-state index in [0.29, 0.717) is 11.2 Å². The van der Waals surface area contributed by atoms with Gasteiger partial charge in [0, 0.05) is 11.6 Å². The molecule has 92 valence electrons. The molecule has 1 heterocycles. The van der Waals surface area contributed by atoms with Gasteiger partial charge in [-0.25, -0.2) is 0 Å². The van der Waals surface area contributed by atoms with Crippen LogP contribution >= 0.6 is 12.2 Å². The number of nitriles is 1. The highest BCUT2D eigenvalue weighted by molar-refractivity contribution is 7.71. The molecule has 1 aromatic carbocycles. The third-order valence-electron chi connectivity index (χ3n) is 2.69. The Morgan fingerprint density at radius 1 is 1.39 bits per heavy atom. The van der Waals surface area contributed by atoms with Gasteiger partial charge in [-0.3, -0.25) is 9.67 Å². The van der Waals surface area contributed by atoms with Crippen LogP contribution in [-0.2, 0) is 6.42 Å². The van der Waals surface area contributed by atoms with E-state index in [9.17, 15) is 0 Å². The lowest BCUT2D eigenvalue weighted by Crippen LogP contribution is -2.03. The monoisotopic (exact) mass is 258 g/mol. The van der Waals surface area contributed by atoms with E-state index in [-0.39, 0.29) is 5.92 Å². The van der Waals surface area contributed by atoms with Gasteiger partial charge in [0.25, 0.3) is 0 Å². The van der Waals surface area contributed by atoms with Crippen LogP contribution in [0, 0.1) is 16.1 Å². The maximum absolute atomic E-state index is 8.65. The third-order valence-corrected chi connectivity index (χ3v) is 2.97. The second kappa shape index (κ2) is 5.15. The molecule has 0 bridgehead atoms. The molecule has 0 aliphatic carbocycles. The fourth-order valence-corrected chi connectivity index (χ4v) is 2.04. The minimum atomic E-state index is 0.289. The van der Waals surface area contributed by atoms with Crippen molar-refractivity contribution in [2.24, 2.45) is 0 Å². The highest BCUT2D eigenvalue weighted by atomic mass is 32.1. The van der Waals surface area contributed by atoms with Crippen molar-refractivity contribution >= 4 is 12.2 Å². The number of aromatic nitrogens is 3. The Morgan fingerprint density at radius 2 is 2.06 bits per heavy atom. The molecule has 0 aliphatic heterocycles.